The van der Waals surface area contributed by atoms with E-state index in [0.717, 1.165) is 5.56 Å². The van der Waals surface area contributed by atoms with Gasteiger partial charge in [-0.15, -0.1) is 0 Å². The zero-order chi connectivity index (χ0) is 30.6. The molecule has 9 heteroatoms. The molecule has 7 nitrogen and oxygen atoms in total. The summed E-state index contributed by atoms with van der Waals surface area (Å²) in [5.41, 5.74) is 10.3. The zero-order valence-corrected chi connectivity index (χ0v) is 29.5. The Labute approximate surface area is 246 Å². The van der Waals surface area contributed by atoms with Crippen LogP contribution >= 0.6 is 0 Å². The highest BCUT2D eigenvalue weighted by molar-refractivity contribution is 6.78. The molecule has 0 saturated carbocycles. The third-order valence-electron chi connectivity index (χ3n) is 9.31. The number of hydrogen-bond donors (Lipinski definition) is 1. The molecule has 0 spiro atoms. The number of rotatable bonds is 13. The van der Waals surface area contributed by atoms with Gasteiger partial charge in [-0.2, -0.15) is 0 Å². The average molecular weight is 595 g/mol. The molecule has 4 atom stereocenters. The van der Waals surface area contributed by atoms with Gasteiger partial charge in [0.15, 0.2) is 0 Å². The summed E-state index contributed by atoms with van der Waals surface area (Å²) in [4.78, 5) is 16.2. The van der Waals surface area contributed by atoms with Crippen LogP contribution in [0.15, 0.2) is 18.5 Å². The fourth-order valence-corrected chi connectivity index (χ4v) is 18.9. The maximum absolute atomic E-state index is 12.0. The maximum Gasteiger partial charge on any atom is 0.302 e. The van der Waals surface area contributed by atoms with Gasteiger partial charge in [0, 0.05) is 25.1 Å². The molecular weight excluding hydrogens is 537 g/mol. The average Bonchev–Trinajstić information content (AvgIpc) is 2.83. The van der Waals surface area contributed by atoms with E-state index < -0.39 is 22.7 Å². The number of carbonyl (C=O) groups is 1. The summed E-state index contributed by atoms with van der Waals surface area (Å²) in [5.74, 6) is -0.333. The lowest BCUT2D eigenvalue weighted by Crippen LogP contribution is -2.62. The van der Waals surface area contributed by atoms with Crippen molar-refractivity contribution >= 4 is 28.3 Å². The first-order valence-electron chi connectivity index (χ1n) is 15.4. The summed E-state index contributed by atoms with van der Waals surface area (Å²) in [5, 5.41) is 0. The lowest BCUT2D eigenvalue weighted by Gasteiger charge is -2.53. The number of nitrogens with zero attached hydrogens (tertiary/aromatic N) is 1. The molecule has 4 unspecified atom stereocenters. The van der Waals surface area contributed by atoms with E-state index in [2.05, 4.69) is 88.1 Å². The molecular formula is C31H58N2O5Si2. The number of esters is 1. The van der Waals surface area contributed by atoms with Crippen molar-refractivity contribution in [2.45, 2.75) is 154 Å². The number of nitrogens with two attached hydrogens (primary N) is 1. The minimum atomic E-state index is -2.34. The maximum atomic E-state index is 12.0. The highest BCUT2D eigenvalue weighted by Crippen LogP contribution is 2.49. The standard InChI is InChI=1S/C31H58N2O5Si2/c1-19(2)39(20(3)4,21(5)6)37-29-16-28(26-14-15-33-17-27(26)32)36-30(18-35-25(13)34)31(29)38-40(22(7)8,23(9)10)24(11)12/h14-15,17,19-24,28-31H,16,18,32H2,1-13H3. The van der Waals surface area contributed by atoms with Gasteiger partial charge in [0.2, 0.25) is 16.6 Å². The summed E-state index contributed by atoms with van der Waals surface area (Å²) in [6, 6.07) is 1.93. The number of anilines is 1. The number of aromatic nitrogens is 1. The fraction of sp³-hybridized carbons (Fsp3) is 0.806. The Hall–Kier alpha value is -1.27. The first kappa shape index (κ1) is 34.9. The molecule has 1 aromatic heterocycles. The number of pyridine rings is 1. The molecule has 0 amide bonds. The third-order valence-corrected chi connectivity index (χ3v) is 21.5. The van der Waals surface area contributed by atoms with Crippen molar-refractivity contribution in [2.24, 2.45) is 0 Å². The molecule has 1 aromatic rings. The van der Waals surface area contributed by atoms with Crippen molar-refractivity contribution in [3.63, 3.8) is 0 Å². The summed E-state index contributed by atoms with van der Waals surface area (Å²) in [7, 11) is -4.65. The summed E-state index contributed by atoms with van der Waals surface area (Å²) in [6.07, 6.45) is 2.64. The third kappa shape index (κ3) is 7.20. The van der Waals surface area contributed by atoms with Crippen LogP contribution < -0.4 is 5.73 Å². The van der Waals surface area contributed by atoms with Gasteiger partial charge in [-0.25, -0.2) is 0 Å². The molecule has 1 aliphatic rings. The largest absolute Gasteiger partial charge is 0.463 e. The molecule has 1 aliphatic heterocycles. The van der Waals surface area contributed by atoms with Crippen LogP contribution in [0.25, 0.3) is 0 Å². The molecule has 2 N–H and O–H groups in total. The van der Waals surface area contributed by atoms with Crippen molar-refractivity contribution in [3.05, 3.63) is 24.0 Å². The first-order valence-corrected chi connectivity index (χ1v) is 19.6. The second-order valence-electron chi connectivity index (χ2n) is 13.6. The number of ether oxygens (including phenoxy) is 2. The van der Waals surface area contributed by atoms with Crippen LogP contribution in [0.2, 0.25) is 33.2 Å². The normalized spacial score (nSPS) is 22.8. The van der Waals surface area contributed by atoms with Crippen LogP contribution in [0.4, 0.5) is 5.69 Å². The van der Waals surface area contributed by atoms with Gasteiger partial charge in [-0.1, -0.05) is 83.1 Å². The molecule has 0 aliphatic carbocycles. The zero-order valence-electron chi connectivity index (χ0n) is 27.5. The Bertz CT molecular complexity index is 910. The lowest BCUT2D eigenvalue weighted by molar-refractivity contribution is -0.184. The van der Waals surface area contributed by atoms with Gasteiger partial charge < -0.3 is 24.1 Å². The van der Waals surface area contributed by atoms with Crippen LogP contribution in [0.3, 0.4) is 0 Å². The Morgan fingerprint density at radius 1 is 0.900 bits per heavy atom. The number of hydrogen-bond acceptors (Lipinski definition) is 7. The first-order chi connectivity index (χ1) is 18.5. The fourth-order valence-electron chi connectivity index (χ4n) is 7.75. The van der Waals surface area contributed by atoms with Crippen LogP contribution in [-0.2, 0) is 23.1 Å². The van der Waals surface area contributed by atoms with E-state index in [0.29, 0.717) is 45.4 Å². The number of carbonyl (C=O) groups excluding carboxylic acids is 1. The van der Waals surface area contributed by atoms with E-state index in [1.807, 2.05) is 6.07 Å². The Kier molecular flexibility index (Phi) is 12.5. The molecule has 2 heterocycles. The van der Waals surface area contributed by atoms with Gasteiger partial charge in [-0.3, -0.25) is 9.78 Å². The van der Waals surface area contributed by atoms with Crippen LogP contribution in [0.5, 0.6) is 0 Å². The lowest BCUT2D eigenvalue weighted by atomic mass is 9.94. The second kappa shape index (κ2) is 14.3. The van der Waals surface area contributed by atoms with Crippen LogP contribution in [-0.4, -0.2) is 52.5 Å². The van der Waals surface area contributed by atoms with Gasteiger partial charge >= 0.3 is 5.97 Å². The van der Waals surface area contributed by atoms with Gasteiger partial charge in [0.1, 0.15) is 12.7 Å². The van der Waals surface area contributed by atoms with E-state index in [1.165, 1.54) is 6.92 Å². The molecule has 40 heavy (non-hydrogen) atoms. The van der Waals surface area contributed by atoms with Gasteiger partial charge in [0.05, 0.1) is 30.2 Å². The van der Waals surface area contributed by atoms with Gasteiger partial charge in [0.25, 0.3) is 0 Å². The molecule has 2 rings (SSSR count). The minimum absolute atomic E-state index is 0.111. The van der Waals surface area contributed by atoms with Crippen molar-refractivity contribution in [2.75, 3.05) is 12.3 Å². The second-order valence-corrected chi connectivity index (χ2v) is 24.4. The topological polar surface area (TPSA) is 92.9 Å². The predicted octanol–water partition coefficient (Wildman–Crippen LogP) is 8.18. The molecule has 0 radical (unpaired) electrons. The highest BCUT2D eigenvalue weighted by Gasteiger charge is 2.55. The summed E-state index contributed by atoms with van der Waals surface area (Å²) >= 11 is 0. The van der Waals surface area contributed by atoms with Crippen LogP contribution in [0, 0.1) is 0 Å². The SMILES string of the molecule is CC(=O)OCC1OC(c2ccncc2N)CC(O[Si](C(C)C)(C(C)C)C(C)C)C1O[Si](C(C)C)(C(C)C)C(C)C. The smallest absolute Gasteiger partial charge is 0.302 e. The summed E-state index contributed by atoms with van der Waals surface area (Å²) in [6.45, 7) is 29.2. The highest BCUT2D eigenvalue weighted by atomic mass is 28.4. The van der Waals surface area contributed by atoms with E-state index >= 15 is 0 Å². The van der Waals surface area contributed by atoms with Gasteiger partial charge in [-0.05, 0) is 39.3 Å². The molecule has 1 fully saturated rings. The Balaban J connectivity index is 2.75. The Morgan fingerprint density at radius 3 is 1.80 bits per heavy atom. The van der Waals surface area contributed by atoms with E-state index in [9.17, 15) is 4.79 Å². The Morgan fingerprint density at radius 2 is 1.38 bits per heavy atom. The molecule has 0 bridgehead atoms. The molecule has 1 saturated heterocycles. The van der Waals surface area contributed by atoms with E-state index in [-0.39, 0.29) is 30.9 Å². The van der Waals surface area contributed by atoms with Crippen molar-refractivity contribution in [1.29, 1.82) is 0 Å². The predicted molar refractivity (Wildman–Crippen MR) is 169 cm³/mol. The van der Waals surface area contributed by atoms with Crippen molar-refractivity contribution in [1.82, 2.24) is 4.98 Å². The summed E-state index contributed by atoms with van der Waals surface area (Å²) < 4.78 is 27.4. The van der Waals surface area contributed by atoms with E-state index in [1.54, 1.807) is 12.4 Å². The van der Waals surface area contributed by atoms with Crippen molar-refractivity contribution in [3.8, 4) is 0 Å². The quantitative estimate of drug-likeness (QED) is 0.182. The monoisotopic (exact) mass is 594 g/mol. The molecule has 230 valence electrons. The van der Waals surface area contributed by atoms with E-state index in [4.69, 9.17) is 24.1 Å². The van der Waals surface area contributed by atoms with Crippen LogP contribution in [0.1, 0.15) is 108 Å². The minimum Gasteiger partial charge on any atom is -0.463 e. The molecule has 0 aromatic carbocycles. The number of nitrogen functional groups attached to an aromatic ring is 1. The van der Waals surface area contributed by atoms with Crippen molar-refractivity contribution < 1.29 is 23.1 Å².